The summed E-state index contributed by atoms with van der Waals surface area (Å²) in [7, 11) is 0. The molecule has 1 aromatic heterocycles. The molecule has 2 rings (SSSR count). The fraction of sp³-hybridized carbons (Fsp3) is 0.200. The van der Waals surface area contributed by atoms with E-state index in [4.69, 9.17) is 5.11 Å². The maximum Gasteiger partial charge on any atom is 0.348 e. The normalized spacial score (nSPS) is 10.5. The number of aromatic nitrogens is 3. The summed E-state index contributed by atoms with van der Waals surface area (Å²) in [5.74, 6) is 0.264. The molecule has 5 nitrogen and oxygen atoms in total. The van der Waals surface area contributed by atoms with Crippen LogP contribution >= 0.6 is 0 Å². The number of nitrogens with one attached hydrogen (secondary N) is 1. The highest BCUT2D eigenvalue weighted by molar-refractivity contribution is 5.32. The van der Waals surface area contributed by atoms with Gasteiger partial charge in [-0.05, 0) is 19.1 Å². The fourth-order valence-electron chi connectivity index (χ4n) is 1.30. The van der Waals surface area contributed by atoms with Gasteiger partial charge < -0.3 is 5.11 Å². The van der Waals surface area contributed by atoms with Gasteiger partial charge in [0, 0.05) is 0 Å². The zero-order chi connectivity index (χ0) is 10.8. The number of aromatic amines is 1. The number of H-pyrrole nitrogens is 1. The Labute approximate surface area is 86.0 Å². The number of aliphatic hydroxyl groups excluding tert-OH is 1. The lowest BCUT2D eigenvalue weighted by molar-refractivity contribution is 0.271. The standard InChI is InChI=1S/C10H11N3O2/c1-7-2-4-8(5-3-7)13-10(15)11-9(6-14)12-13/h2-5,14H,6H2,1H3,(H,11,12,15). The van der Waals surface area contributed by atoms with Crippen LogP contribution in [-0.2, 0) is 6.61 Å². The van der Waals surface area contributed by atoms with Crippen molar-refractivity contribution in [2.75, 3.05) is 0 Å². The van der Waals surface area contributed by atoms with Gasteiger partial charge in [0.05, 0.1) is 5.69 Å². The molecule has 2 aromatic rings. The van der Waals surface area contributed by atoms with Gasteiger partial charge in [-0.25, -0.2) is 4.79 Å². The quantitative estimate of drug-likeness (QED) is 0.743. The minimum Gasteiger partial charge on any atom is -0.388 e. The van der Waals surface area contributed by atoms with Crippen molar-refractivity contribution in [1.82, 2.24) is 14.8 Å². The topological polar surface area (TPSA) is 70.9 Å². The lowest BCUT2D eigenvalue weighted by atomic mass is 10.2. The molecule has 0 aliphatic heterocycles. The smallest absolute Gasteiger partial charge is 0.348 e. The summed E-state index contributed by atoms with van der Waals surface area (Å²) in [6.45, 7) is 1.70. The molecule has 1 heterocycles. The number of aliphatic hydroxyl groups is 1. The molecule has 2 N–H and O–H groups in total. The third kappa shape index (κ3) is 1.82. The van der Waals surface area contributed by atoms with Gasteiger partial charge in [-0.15, -0.1) is 5.10 Å². The van der Waals surface area contributed by atoms with Crippen LogP contribution in [0.4, 0.5) is 0 Å². The van der Waals surface area contributed by atoms with Crippen LogP contribution in [-0.4, -0.2) is 19.9 Å². The predicted molar refractivity (Wildman–Crippen MR) is 54.8 cm³/mol. The maximum absolute atomic E-state index is 11.4. The van der Waals surface area contributed by atoms with Crippen LogP contribution < -0.4 is 5.69 Å². The number of benzene rings is 1. The second-order valence-electron chi connectivity index (χ2n) is 3.28. The lowest BCUT2D eigenvalue weighted by Crippen LogP contribution is -2.15. The van der Waals surface area contributed by atoms with Crippen LogP contribution in [0.1, 0.15) is 11.4 Å². The molecule has 0 aliphatic carbocycles. The summed E-state index contributed by atoms with van der Waals surface area (Å²) in [5.41, 5.74) is 1.45. The number of aryl methyl sites for hydroxylation is 1. The highest BCUT2D eigenvalue weighted by Gasteiger charge is 2.05. The summed E-state index contributed by atoms with van der Waals surface area (Å²) < 4.78 is 1.23. The number of rotatable bonds is 2. The molecule has 0 fully saturated rings. The Morgan fingerprint density at radius 3 is 2.60 bits per heavy atom. The van der Waals surface area contributed by atoms with E-state index in [1.807, 2.05) is 19.1 Å². The molecule has 1 aromatic carbocycles. The Morgan fingerprint density at radius 2 is 2.07 bits per heavy atom. The van der Waals surface area contributed by atoms with E-state index in [1.54, 1.807) is 12.1 Å². The summed E-state index contributed by atoms with van der Waals surface area (Å²) >= 11 is 0. The zero-order valence-corrected chi connectivity index (χ0v) is 8.27. The molecule has 0 spiro atoms. The first-order valence-electron chi connectivity index (χ1n) is 4.57. The van der Waals surface area contributed by atoms with Crippen molar-refractivity contribution in [3.8, 4) is 5.69 Å². The Balaban J connectivity index is 2.49. The number of hydrogen-bond donors (Lipinski definition) is 2. The van der Waals surface area contributed by atoms with Crippen molar-refractivity contribution in [2.24, 2.45) is 0 Å². The van der Waals surface area contributed by atoms with Crippen LogP contribution in [0.3, 0.4) is 0 Å². The Kier molecular flexibility index (Phi) is 2.39. The second kappa shape index (κ2) is 3.70. The number of hydrogen-bond acceptors (Lipinski definition) is 3. The summed E-state index contributed by atoms with van der Waals surface area (Å²) in [4.78, 5) is 13.9. The first-order valence-corrected chi connectivity index (χ1v) is 4.57. The highest BCUT2D eigenvalue weighted by atomic mass is 16.3. The third-order valence-electron chi connectivity index (χ3n) is 2.09. The first kappa shape index (κ1) is 9.67. The summed E-state index contributed by atoms with van der Waals surface area (Å²) in [5, 5.41) is 12.7. The minimum atomic E-state index is -0.345. The van der Waals surface area contributed by atoms with E-state index in [0.717, 1.165) is 5.56 Å². The average Bonchev–Trinajstić information content (AvgIpc) is 2.61. The largest absolute Gasteiger partial charge is 0.388 e. The molecule has 0 amide bonds. The van der Waals surface area contributed by atoms with Crippen LogP contribution in [0.2, 0.25) is 0 Å². The number of nitrogens with zero attached hydrogens (tertiary/aromatic N) is 2. The van der Waals surface area contributed by atoms with Crippen LogP contribution in [0.15, 0.2) is 29.1 Å². The van der Waals surface area contributed by atoms with Gasteiger partial charge in [0.25, 0.3) is 0 Å². The van der Waals surface area contributed by atoms with E-state index in [0.29, 0.717) is 5.69 Å². The van der Waals surface area contributed by atoms with Crippen LogP contribution in [0, 0.1) is 6.92 Å². The molecule has 0 saturated heterocycles. The van der Waals surface area contributed by atoms with E-state index in [2.05, 4.69) is 10.1 Å². The molecule has 0 atom stereocenters. The monoisotopic (exact) mass is 205 g/mol. The van der Waals surface area contributed by atoms with Gasteiger partial charge >= 0.3 is 5.69 Å². The van der Waals surface area contributed by atoms with Crippen molar-refractivity contribution in [3.05, 3.63) is 46.1 Å². The Bertz CT molecular complexity index is 510. The molecule has 5 heteroatoms. The van der Waals surface area contributed by atoms with E-state index in [1.165, 1.54) is 4.68 Å². The van der Waals surface area contributed by atoms with Crippen molar-refractivity contribution < 1.29 is 5.11 Å². The Morgan fingerprint density at radius 1 is 1.40 bits per heavy atom. The van der Waals surface area contributed by atoms with Crippen LogP contribution in [0.25, 0.3) is 5.69 Å². The van der Waals surface area contributed by atoms with E-state index >= 15 is 0 Å². The van der Waals surface area contributed by atoms with E-state index in [-0.39, 0.29) is 18.1 Å². The molecule has 0 saturated carbocycles. The molecule has 0 aliphatic rings. The molecular weight excluding hydrogens is 194 g/mol. The summed E-state index contributed by atoms with van der Waals surface area (Å²) in [6, 6.07) is 7.40. The van der Waals surface area contributed by atoms with E-state index < -0.39 is 0 Å². The van der Waals surface area contributed by atoms with Crippen molar-refractivity contribution >= 4 is 0 Å². The van der Waals surface area contributed by atoms with E-state index in [9.17, 15) is 4.79 Å². The minimum absolute atomic E-state index is 0.264. The van der Waals surface area contributed by atoms with Crippen LogP contribution in [0.5, 0.6) is 0 Å². The van der Waals surface area contributed by atoms with Gasteiger partial charge in [0.2, 0.25) is 0 Å². The van der Waals surface area contributed by atoms with Gasteiger partial charge in [0.1, 0.15) is 6.61 Å². The molecule has 0 radical (unpaired) electrons. The van der Waals surface area contributed by atoms with Gasteiger partial charge in [-0.2, -0.15) is 4.68 Å². The van der Waals surface area contributed by atoms with Gasteiger partial charge in [-0.1, -0.05) is 17.7 Å². The molecule has 0 unspecified atom stereocenters. The molecule has 78 valence electrons. The average molecular weight is 205 g/mol. The molecule has 0 bridgehead atoms. The molecule has 15 heavy (non-hydrogen) atoms. The van der Waals surface area contributed by atoms with Gasteiger partial charge in [0.15, 0.2) is 5.82 Å². The maximum atomic E-state index is 11.4. The van der Waals surface area contributed by atoms with Crippen molar-refractivity contribution in [2.45, 2.75) is 13.5 Å². The highest BCUT2D eigenvalue weighted by Crippen LogP contribution is 2.05. The van der Waals surface area contributed by atoms with Crippen molar-refractivity contribution in [3.63, 3.8) is 0 Å². The Hall–Kier alpha value is -1.88. The SMILES string of the molecule is Cc1ccc(-n2nc(CO)[nH]c2=O)cc1. The fourth-order valence-corrected chi connectivity index (χ4v) is 1.30. The second-order valence-corrected chi connectivity index (χ2v) is 3.28. The van der Waals surface area contributed by atoms with Crippen molar-refractivity contribution in [1.29, 1.82) is 0 Å². The third-order valence-corrected chi connectivity index (χ3v) is 2.09. The lowest BCUT2D eigenvalue weighted by Gasteiger charge is -1.98. The zero-order valence-electron chi connectivity index (χ0n) is 8.27. The predicted octanol–water partition coefficient (Wildman–Crippen LogP) is 0.361. The molecular formula is C10H11N3O2. The first-order chi connectivity index (χ1) is 7.20. The summed E-state index contributed by atoms with van der Waals surface area (Å²) in [6.07, 6.45) is 0. The van der Waals surface area contributed by atoms with Gasteiger partial charge in [-0.3, -0.25) is 4.98 Å².